The number of carbonyl (C=O) groups is 4. The topological polar surface area (TPSA) is 114 Å². The highest BCUT2D eigenvalue weighted by molar-refractivity contribution is 5.94. The van der Waals surface area contributed by atoms with Crippen LogP contribution in [-0.4, -0.2) is 58.6 Å². The van der Waals surface area contributed by atoms with Crippen LogP contribution in [0.5, 0.6) is 0 Å². The quantitative estimate of drug-likeness (QED) is 0.139. The number of carbonyl (C=O) groups excluding carboxylic acids is 4. The lowest BCUT2D eigenvalue weighted by atomic mass is 9.93. The zero-order chi connectivity index (χ0) is 36.9. The summed E-state index contributed by atoms with van der Waals surface area (Å²) in [6.07, 6.45) is 3.62. The van der Waals surface area contributed by atoms with Crippen LogP contribution in [0.2, 0.25) is 0 Å². The maximum atomic E-state index is 14.8. The molecule has 0 saturated carbocycles. The summed E-state index contributed by atoms with van der Waals surface area (Å²) in [4.78, 5) is 57.8. The molecule has 2 N–H and O–H groups in total. The van der Waals surface area contributed by atoms with Crippen molar-refractivity contribution in [3.63, 3.8) is 0 Å². The van der Waals surface area contributed by atoms with Crippen molar-refractivity contribution in [2.45, 2.75) is 144 Å². The third kappa shape index (κ3) is 13.9. The van der Waals surface area contributed by atoms with Gasteiger partial charge in [0, 0.05) is 13.0 Å². The van der Waals surface area contributed by atoms with Crippen LogP contribution < -0.4 is 10.6 Å². The molecule has 3 amide bonds. The average molecular weight is 680 g/mol. The first-order valence-corrected chi connectivity index (χ1v) is 17.8. The van der Waals surface area contributed by atoms with E-state index in [-0.39, 0.29) is 24.8 Å². The molecule has 49 heavy (non-hydrogen) atoms. The number of hydrogen-bond acceptors (Lipinski definition) is 6. The second kappa shape index (κ2) is 18.8. The van der Waals surface area contributed by atoms with E-state index in [1.807, 2.05) is 76.2 Å². The van der Waals surface area contributed by atoms with Crippen LogP contribution in [0.15, 0.2) is 48.5 Å². The molecule has 9 nitrogen and oxygen atoms in total. The Hall–Kier alpha value is -3.88. The Morgan fingerprint density at radius 1 is 0.816 bits per heavy atom. The molecular formula is C40H61N3O6. The van der Waals surface area contributed by atoms with Crippen LogP contribution in [-0.2, 0) is 30.3 Å². The van der Waals surface area contributed by atoms with E-state index in [1.54, 1.807) is 46.4 Å². The van der Waals surface area contributed by atoms with E-state index >= 15 is 0 Å². The molecule has 0 radical (unpaired) electrons. The van der Waals surface area contributed by atoms with Crippen molar-refractivity contribution in [1.82, 2.24) is 15.5 Å². The summed E-state index contributed by atoms with van der Waals surface area (Å²) in [5, 5.41) is 5.84. The Morgan fingerprint density at radius 3 is 2.02 bits per heavy atom. The van der Waals surface area contributed by atoms with Crippen molar-refractivity contribution in [3.05, 3.63) is 70.8 Å². The predicted molar refractivity (Wildman–Crippen MR) is 195 cm³/mol. The molecule has 4 atom stereocenters. The second-order valence-electron chi connectivity index (χ2n) is 15.1. The van der Waals surface area contributed by atoms with Gasteiger partial charge in [-0.2, -0.15) is 0 Å². The molecule has 2 aromatic carbocycles. The summed E-state index contributed by atoms with van der Waals surface area (Å²) < 4.78 is 11.3. The third-order valence-corrected chi connectivity index (χ3v) is 8.27. The first-order valence-electron chi connectivity index (χ1n) is 17.8. The fourth-order valence-corrected chi connectivity index (χ4v) is 5.54. The molecule has 9 heteroatoms. The Bertz CT molecular complexity index is 1380. The Kier molecular flexibility index (Phi) is 15.8. The number of alkyl carbamates (subject to hydrolysis) is 1. The van der Waals surface area contributed by atoms with Crippen LogP contribution in [0, 0.1) is 19.8 Å². The molecule has 0 aliphatic rings. The summed E-state index contributed by atoms with van der Waals surface area (Å²) in [5.74, 6) is -1.69. The molecule has 0 aliphatic carbocycles. The van der Waals surface area contributed by atoms with Crippen LogP contribution in [0.3, 0.4) is 0 Å². The number of aryl methyl sites for hydroxylation is 2. The van der Waals surface area contributed by atoms with Crippen LogP contribution in [0.4, 0.5) is 4.79 Å². The maximum Gasteiger partial charge on any atom is 0.408 e. The number of hydrogen-bond donors (Lipinski definition) is 2. The van der Waals surface area contributed by atoms with E-state index in [2.05, 4.69) is 17.6 Å². The molecule has 0 aliphatic heterocycles. The van der Waals surface area contributed by atoms with Gasteiger partial charge in [-0.1, -0.05) is 101 Å². The van der Waals surface area contributed by atoms with Crippen molar-refractivity contribution >= 4 is 23.9 Å². The smallest absolute Gasteiger partial charge is 0.408 e. The summed E-state index contributed by atoms with van der Waals surface area (Å²) in [7, 11) is 0. The van der Waals surface area contributed by atoms with Gasteiger partial charge in [0.2, 0.25) is 11.8 Å². The summed E-state index contributed by atoms with van der Waals surface area (Å²) >= 11 is 0. The monoisotopic (exact) mass is 679 g/mol. The van der Waals surface area contributed by atoms with Gasteiger partial charge in [-0.25, -0.2) is 9.59 Å². The minimum Gasteiger partial charge on any atom is -0.458 e. The van der Waals surface area contributed by atoms with Gasteiger partial charge in [-0.05, 0) is 84.4 Å². The average Bonchev–Trinajstić information content (AvgIpc) is 3.00. The van der Waals surface area contributed by atoms with E-state index < -0.39 is 47.3 Å². The van der Waals surface area contributed by atoms with Gasteiger partial charge in [0.1, 0.15) is 29.3 Å². The molecule has 0 spiro atoms. The first-order chi connectivity index (χ1) is 22.9. The fraction of sp³-hybridized carbons (Fsp3) is 0.600. The largest absolute Gasteiger partial charge is 0.458 e. The molecule has 0 fully saturated rings. The highest BCUT2D eigenvalue weighted by Gasteiger charge is 2.40. The summed E-state index contributed by atoms with van der Waals surface area (Å²) in [6.45, 7) is 20.8. The lowest BCUT2D eigenvalue weighted by Crippen LogP contribution is -2.56. The van der Waals surface area contributed by atoms with E-state index in [1.165, 1.54) is 0 Å². The number of unbranched alkanes of at least 4 members (excludes halogenated alkanes) is 3. The van der Waals surface area contributed by atoms with Crippen molar-refractivity contribution in [2.75, 3.05) is 6.54 Å². The lowest BCUT2D eigenvalue weighted by molar-refractivity contribution is -0.159. The molecule has 2 rings (SSSR count). The standard InChI is InChI=1S/C40H61N3O6/c1-12-14-15-19-24-43(36(45)33(28(4)13-2)42-38(47)49-40(9,10)11)34(31-25-27(3)22-23-29(31)5)35(44)41-32(37(46)48-39(6,7)8)26-30-20-17-16-18-21-30/h16-18,20-23,25,28,32-34H,12-15,19,24,26H2,1-11H3,(H,41,44)(H,42,47). The number of nitrogens with one attached hydrogen (secondary N) is 2. The highest BCUT2D eigenvalue weighted by atomic mass is 16.6. The van der Waals surface area contributed by atoms with Crippen LogP contribution >= 0.6 is 0 Å². The Labute approximate surface area is 294 Å². The summed E-state index contributed by atoms with van der Waals surface area (Å²) in [6, 6.07) is 12.2. The zero-order valence-electron chi connectivity index (χ0n) is 31.8. The number of nitrogens with zero attached hydrogens (tertiary/aromatic N) is 1. The number of esters is 1. The van der Waals surface area contributed by atoms with Crippen LogP contribution in [0.25, 0.3) is 0 Å². The number of benzene rings is 2. The Morgan fingerprint density at radius 2 is 1.45 bits per heavy atom. The van der Waals surface area contributed by atoms with Crippen LogP contribution in [0.1, 0.15) is 123 Å². The van der Waals surface area contributed by atoms with Gasteiger partial charge in [0.15, 0.2) is 0 Å². The summed E-state index contributed by atoms with van der Waals surface area (Å²) in [5.41, 5.74) is 1.73. The van der Waals surface area contributed by atoms with Gasteiger partial charge < -0.3 is 25.0 Å². The van der Waals surface area contributed by atoms with E-state index in [0.717, 1.165) is 36.0 Å². The predicted octanol–water partition coefficient (Wildman–Crippen LogP) is 7.76. The molecule has 272 valence electrons. The van der Waals surface area contributed by atoms with Crippen molar-refractivity contribution < 1.29 is 28.7 Å². The molecule has 2 aromatic rings. The minimum absolute atomic E-state index is 0.209. The van der Waals surface area contributed by atoms with Crippen molar-refractivity contribution in [1.29, 1.82) is 0 Å². The molecule has 0 saturated heterocycles. The van der Waals surface area contributed by atoms with E-state index in [0.29, 0.717) is 18.4 Å². The fourth-order valence-electron chi connectivity index (χ4n) is 5.54. The van der Waals surface area contributed by atoms with Crippen molar-refractivity contribution in [3.8, 4) is 0 Å². The lowest BCUT2D eigenvalue weighted by Gasteiger charge is -2.37. The van der Waals surface area contributed by atoms with Gasteiger partial charge in [-0.15, -0.1) is 0 Å². The highest BCUT2D eigenvalue weighted by Crippen LogP contribution is 2.29. The normalized spacial score (nSPS) is 14.2. The van der Waals surface area contributed by atoms with Crippen molar-refractivity contribution in [2.24, 2.45) is 5.92 Å². The van der Waals surface area contributed by atoms with E-state index in [4.69, 9.17) is 9.47 Å². The van der Waals surface area contributed by atoms with Gasteiger partial charge in [0.25, 0.3) is 0 Å². The Balaban J connectivity index is 2.71. The van der Waals surface area contributed by atoms with Gasteiger partial charge >= 0.3 is 12.1 Å². The van der Waals surface area contributed by atoms with Gasteiger partial charge in [0.05, 0.1) is 0 Å². The van der Waals surface area contributed by atoms with Gasteiger partial charge in [-0.3, -0.25) is 9.59 Å². The maximum absolute atomic E-state index is 14.8. The number of rotatable bonds is 16. The SMILES string of the molecule is CCCCCCN(C(=O)C(NC(=O)OC(C)(C)C)C(C)CC)C(C(=O)NC(Cc1ccccc1)C(=O)OC(C)(C)C)c1cc(C)ccc1C. The van der Waals surface area contributed by atoms with E-state index in [9.17, 15) is 19.2 Å². The molecule has 0 aromatic heterocycles. The number of ether oxygens (including phenoxy) is 2. The number of amides is 3. The first kappa shape index (κ1) is 41.3. The molecule has 4 unspecified atom stereocenters. The second-order valence-corrected chi connectivity index (χ2v) is 15.1. The molecule has 0 bridgehead atoms. The minimum atomic E-state index is -1.08. The molecular weight excluding hydrogens is 618 g/mol. The zero-order valence-corrected chi connectivity index (χ0v) is 31.8. The molecule has 0 heterocycles. The third-order valence-electron chi connectivity index (χ3n) is 8.27.